The average molecular weight is 267 g/mol. The Hall–Kier alpha value is -2.69. The Kier molecular flexibility index (Phi) is 3.16. The molecule has 0 saturated heterocycles. The van der Waals surface area contributed by atoms with Crippen LogP contribution in [-0.2, 0) is 0 Å². The summed E-state index contributed by atoms with van der Waals surface area (Å²) >= 11 is 0. The molecule has 3 rings (SSSR count). The fourth-order valence-corrected chi connectivity index (χ4v) is 1.97. The van der Waals surface area contributed by atoms with Crippen molar-refractivity contribution in [2.45, 2.75) is 13.0 Å². The first-order chi connectivity index (χ1) is 9.74. The lowest BCUT2D eigenvalue weighted by atomic mass is 10.2. The van der Waals surface area contributed by atoms with Crippen molar-refractivity contribution < 1.29 is 9.21 Å². The van der Waals surface area contributed by atoms with E-state index in [0.717, 1.165) is 11.0 Å². The fraction of sp³-hybridized carbons (Fsp3) is 0.133. The van der Waals surface area contributed by atoms with Crippen LogP contribution in [0.4, 0.5) is 0 Å². The third kappa shape index (κ3) is 2.38. The zero-order chi connectivity index (χ0) is 13.9. The minimum Gasteiger partial charge on any atom is -0.459 e. The zero-order valence-corrected chi connectivity index (χ0v) is 10.9. The lowest BCUT2D eigenvalue weighted by Crippen LogP contribution is -2.27. The first-order valence-corrected chi connectivity index (χ1v) is 6.29. The number of benzene rings is 1. The standard InChI is InChI=1S/C15H13N3O2/c1-10(18-15(19)12-9-16-6-7-17-12)14-8-11-4-2-3-5-13(11)20-14/h2-10H,1H3,(H,18,19)/t10-/m0/s1. The van der Waals surface area contributed by atoms with Crippen LogP contribution in [0.25, 0.3) is 11.0 Å². The number of fused-ring (bicyclic) bond motifs is 1. The molecule has 2 aromatic heterocycles. The van der Waals surface area contributed by atoms with E-state index in [0.29, 0.717) is 5.76 Å². The monoisotopic (exact) mass is 267 g/mol. The second kappa shape index (κ2) is 5.13. The molecule has 1 amide bonds. The average Bonchev–Trinajstić information content (AvgIpc) is 2.92. The van der Waals surface area contributed by atoms with E-state index in [9.17, 15) is 4.79 Å². The maximum absolute atomic E-state index is 12.0. The Morgan fingerprint density at radius 2 is 2.15 bits per heavy atom. The van der Waals surface area contributed by atoms with Crippen molar-refractivity contribution in [1.82, 2.24) is 15.3 Å². The number of carbonyl (C=O) groups is 1. The van der Waals surface area contributed by atoms with Crippen LogP contribution in [0.2, 0.25) is 0 Å². The number of rotatable bonds is 3. The molecule has 5 nitrogen and oxygen atoms in total. The minimum absolute atomic E-state index is 0.239. The van der Waals surface area contributed by atoms with Crippen LogP contribution in [0.5, 0.6) is 0 Å². The Balaban J connectivity index is 1.79. The number of hydrogen-bond acceptors (Lipinski definition) is 4. The topological polar surface area (TPSA) is 68.0 Å². The molecule has 0 aliphatic rings. The summed E-state index contributed by atoms with van der Waals surface area (Å²) in [5, 5.41) is 3.85. The first kappa shape index (κ1) is 12.3. The maximum atomic E-state index is 12.0. The smallest absolute Gasteiger partial charge is 0.272 e. The van der Waals surface area contributed by atoms with Crippen molar-refractivity contribution in [2.24, 2.45) is 0 Å². The van der Waals surface area contributed by atoms with E-state index in [-0.39, 0.29) is 17.6 Å². The quantitative estimate of drug-likeness (QED) is 0.792. The molecule has 0 unspecified atom stereocenters. The summed E-state index contributed by atoms with van der Waals surface area (Å²) in [6, 6.07) is 9.42. The number of nitrogens with zero attached hydrogens (tertiary/aromatic N) is 2. The molecule has 100 valence electrons. The van der Waals surface area contributed by atoms with Crippen molar-refractivity contribution in [3.05, 3.63) is 60.4 Å². The molecular weight excluding hydrogens is 254 g/mol. The van der Waals surface area contributed by atoms with E-state index in [1.165, 1.54) is 18.6 Å². The van der Waals surface area contributed by atoms with Crippen LogP contribution in [0.15, 0.2) is 53.3 Å². The number of furan rings is 1. The summed E-state index contributed by atoms with van der Waals surface area (Å²) in [6.45, 7) is 1.87. The van der Waals surface area contributed by atoms with Gasteiger partial charge in [0.25, 0.3) is 5.91 Å². The maximum Gasteiger partial charge on any atom is 0.272 e. The molecule has 1 N–H and O–H groups in total. The molecule has 0 aliphatic carbocycles. The largest absolute Gasteiger partial charge is 0.459 e. The Labute approximate surface area is 115 Å². The number of para-hydroxylation sites is 1. The summed E-state index contributed by atoms with van der Waals surface area (Å²) < 4.78 is 5.72. The van der Waals surface area contributed by atoms with E-state index in [1.807, 2.05) is 37.3 Å². The van der Waals surface area contributed by atoms with Gasteiger partial charge in [-0.3, -0.25) is 9.78 Å². The first-order valence-electron chi connectivity index (χ1n) is 6.29. The molecule has 0 radical (unpaired) electrons. The molecule has 0 bridgehead atoms. The molecule has 1 atom stereocenters. The van der Waals surface area contributed by atoms with E-state index in [4.69, 9.17) is 4.42 Å². The van der Waals surface area contributed by atoms with Gasteiger partial charge in [-0.2, -0.15) is 0 Å². The molecular formula is C15H13N3O2. The number of aromatic nitrogens is 2. The molecule has 2 heterocycles. The lowest BCUT2D eigenvalue weighted by molar-refractivity contribution is 0.0930. The molecule has 3 aromatic rings. The summed E-state index contributed by atoms with van der Waals surface area (Å²) in [4.78, 5) is 19.8. The predicted molar refractivity (Wildman–Crippen MR) is 74.1 cm³/mol. The number of carbonyl (C=O) groups excluding carboxylic acids is 1. The molecule has 0 fully saturated rings. The Bertz CT molecular complexity index is 704. The molecule has 5 heteroatoms. The zero-order valence-electron chi connectivity index (χ0n) is 10.9. The van der Waals surface area contributed by atoms with Gasteiger partial charge >= 0.3 is 0 Å². The van der Waals surface area contributed by atoms with Gasteiger partial charge in [0.05, 0.1) is 12.2 Å². The van der Waals surface area contributed by atoms with Gasteiger partial charge < -0.3 is 9.73 Å². The number of hydrogen-bond donors (Lipinski definition) is 1. The minimum atomic E-state index is -0.272. The van der Waals surface area contributed by atoms with Crippen molar-refractivity contribution in [2.75, 3.05) is 0 Å². The van der Waals surface area contributed by atoms with E-state index in [2.05, 4.69) is 15.3 Å². The summed E-state index contributed by atoms with van der Waals surface area (Å²) in [5.74, 6) is 0.439. The van der Waals surface area contributed by atoms with E-state index in [1.54, 1.807) is 0 Å². The Morgan fingerprint density at radius 1 is 1.30 bits per heavy atom. The van der Waals surface area contributed by atoms with Crippen LogP contribution in [0.3, 0.4) is 0 Å². The lowest BCUT2D eigenvalue weighted by Gasteiger charge is -2.10. The highest BCUT2D eigenvalue weighted by Gasteiger charge is 2.15. The van der Waals surface area contributed by atoms with Crippen molar-refractivity contribution in [3.63, 3.8) is 0 Å². The van der Waals surface area contributed by atoms with Gasteiger partial charge in [-0.1, -0.05) is 18.2 Å². The third-order valence-electron chi connectivity index (χ3n) is 3.01. The van der Waals surface area contributed by atoms with Crippen LogP contribution in [-0.4, -0.2) is 15.9 Å². The highest BCUT2D eigenvalue weighted by molar-refractivity contribution is 5.92. The highest BCUT2D eigenvalue weighted by atomic mass is 16.3. The summed E-state index contributed by atoms with van der Waals surface area (Å²) in [5.41, 5.74) is 1.10. The van der Waals surface area contributed by atoms with Gasteiger partial charge in [-0.05, 0) is 19.1 Å². The molecule has 0 aliphatic heterocycles. The van der Waals surface area contributed by atoms with Crippen LogP contribution in [0.1, 0.15) is 29.2 Å². The molecule has 1 aromatic carbocycles. The van der Waals surface area contributed by atoms with Gasteiger partial charge in [-0.15, -0.1) is 0 Å². The van der Waals surface area contributed by atoms with Gasteiger partial charge in [0.1, 0.15) is 17.0 Å². The van der Waals surface area contributed by atoms with Gasteiger partial charge in [0.2, 0.25) is 0 Å². The van der Waals surface area contributed by atoms with E-state index < -0.39 is 0 Å². The van der Waals surface area contributed by atoms with Gasteiger partial charge in [0, 0.05) is 17.8 Å². The molecule has 20 heavy (non-hydrogen) atoms. The summed E-state index contributed by atoms with van der Waals surface area (Å²) in [6.07, 6.45) is 4.45. The van der Waals surface area contributed by atoms with Gasteiger partial charge in [-0.25, -0.2) is 4.98 Å². The highest BCUT2D eigenvalue weighted by Crippen LogP contribution is 2.23. The second-order valence-electron chi connectivity index (χ2n) is 4.47. The van der Waals surface area contributed by atoms with Gasteiger partial charge in [0.15, 0.2) is 0 Å². The van der Waals surface area contributed by atoms with Crippen LogP contribution in [0, 0.1) is 0 Å². The van der Waals surface area contributed by atoms with Crippen molar-refractivity contribution in [3.8, 4) is 0 Å². The number of amides is 1. The van der Waals surface area contributed by atoms with Crippen LogP contribution < -0.4 is 5.32 Å². The predicted octanol–water partition coefficient (Wildman–Crippen LogP) is 2.71. The molecule has 0 spiro atoms. The van der Waals surface area contributed by atoms with Crippen molar-refractivity contribution in [1.29, 1.82) is 0 Å². The van der Waals surface area contributed by atoms with Crippen LogP contribution >= 0.6 is 0 Å². The van der Waals surface area contributed by atoms with Crippen molar-refractivity contribution >= 4 is 16.9 Å². The number of nitrogens with one attached hydrogen (secondary N) is 1. The Morgan fingerprint density at radius 3 is 2.90 bits per heavy atom. The second-order valence-corrected chi connectivity index (χ2v) is 4.47. The third-order valence-corrected chi connectivity index (χ3v) is 3.01. The summed E-state index contributed by atoms with van der Waals surface area (Å²) in [7, 11) is 0. The van der Waals surface area contributed by atoms with E-state index >= 15 is 0 Å². The SMILES string of the molecule is C[C@H](NC(=O)c1cnccn1)c1cc2ccccc2o1. The normalized spacial score (nSPS) is 12.2. The molecule has 0 saturated carbocycles. The fourth-order valence-electron chi connectivity index (χ4n) is 1.97.